The standard InChI is InChI=1S/C7H13ClN4/c1-3-12-6(4-10-9)7(8)5(2)11-12/h10H,3-4,9H2,1-2H3. The Labute approximate surface area is 76.7 Å². The predicted molar refractivity (Wildman–Crippen MR) is 48.7 cm³/mol. The number of hydrogen-bond donors (Lipinski definition) is 2. The lowest BCUT2D eigenvalue weighted by atomic mass is 10.3. The lowest BCUT2D eigenvalue weighted by Crippen LogP contribution is -2.23. The summed E-state index contributed by atoms with van der Waals surface area (Å²) in [6.07, 6.45) is 0. The lowest BCUT2D eigenvalue weighted by molar-refractivity contribution is 0.588. The molecule has 12 heavy (non-hydrogen) atoms. The molecule has 0 bridgehead atoms. The molecule has 0 fully saturated rings. The first kappa shape index (κ1) is 9.51. The summed E-state index contributed by atoms with van der Waals surface area (Å²) in [6.45, 7) is 5.26. The van der Waals surface area contributed by atoms with E-state index in [1.165, 1.54) is 0 Å². The number of aromatic nitrogens is 2. The topological polar surface area (TPSA) is 55.9 Å². The van der Waals surface area contributed by atoms with Gasteiger partial charge in [0, 0.05) is 6.54 Å². The van der Waals surface area contributed by atoms with Crippen molar-refractivity contribution in [1.82, 2.24) is 15.2 Å². The number of nitrogens with two attached hydrogens (primary N) is 1. The van der Waals surface area contributed by atoms with Gasteiger partial charge in [-0.15, -0.1) is 0 Å². The molecule has 1 rings (SSSR count). The van der Waals surface area contributed by atoms with Crippen LogP contribution in [0.2, 0.25) is 5.02 Å². The highest BCUT2D eigenvalue weighted by Gasteiger charge is 2.10. The first-order valence-electron chi connectivity index (χ1n) is 3.86. The van der Waals surface area contributed by atoms with Crippen LogP contribution >= 0.6 is 11.6 Å². The monoisotopic (exact) mass is 188 g/mol. The molecule has 68 valence electrons. The van der Waals surface area contributed by atoms with E-state index in [9.17, 15) is 0 Å². The molecule has 1 heterocycles. The van der Waals surface area contributed by atoms with Crippen LogP contribution in [0.25, 0.3) is 0 Å². The molecule has 0 spiro atoms. The van der Waals surface area contributed by atoms with E-state index in [1.54, 1.807) is 0 Å². The minimum atomic E-state index is 0.549. The van der Waals surface area contributed by atoms with Gasteiger partial charge in [-0.3, -0.25) is 16.0 Å². The fraction of sp³-hybridized carbons (Fsp3) is 0.571. The molecule has 0 aliphatic carbocycles. The Morgan fingerprint density at radius 1 is 1.67 bits per heavy atom. The SMILES string of the molecule is CCn1nc(C)c(Cl)c1CNN. The van der Waals surface area contributed by atoms with Crippen molar-refractivity contribution >= 4 is 11.6 Å². The van der Waals surface area contributed by atoms with Gasteiger partial charge in [0.05, 0.1) is 23.0 Å². The molecule has 0 radical (unpaired) electrons. The fourth-order valence-corrected chi connectivity index (χ4v) is 1.34. The Morgan fingerprint density at radius 3 is 2.83 bits per heavy atom. The van der Waals surface area contributed by atoms with Gasteiger partial charge in [0.1, 0.15) is 0 Å². The molecule has 3 N–H and O–H groups in total. The van der Waals surface area contributed by atoms with Crippen LogP contribution in [0, 0.1) is 6.92 Å². The molecule has 1 aromatic heterocycles. The van der Waals surface area contributed by atoms with Crippen LogP contribution in [0.3, 0.4) is 0 Å². The van der Waals surface area contributed by atoms with Crippen LogP contribution in [-0.4, -0.2) is 9.78 Å². The maximum absolute atomic E-state index is 5.99. The van der Waals surface area contributed by atoms with E-state index >= 15 is 0 Å². The Bertz CT molecular complexity index is 269. The molecule has 0 saturated carbocycles. The van der Waals surface area contributed by atoms with Crippen LogP contribution in [0.5, 0.6) is 0 Å². The minimum absolute atomic E-state index is 0.549. The van der Waals surface area contributed by atoms with Crippen LogP contribution in [0.15, 0.2) is 0 Å². The van der Waals surface area contributed by atoms with Crippen molar-refractivity contribution in [2.24, 2.45) is 5.84 Å². The summed E-state index contributed by atoms with van der Waals surface area (Å²) in [5.74, 6) is 5.21. The van der Waals surface area contributed by atoms with Gasteiger partial charge in [-0.05, 0) is 13.8 Å². The van der Waals surface area contributed by atoms with Crippen LogP contribution in [0.4, 0.5) is 0 Å². The second-order valence-corrected chi connectivity index (χ2v) is 2.92. The Morgan fingerprint density at radius 2 is 2.33 bits per heavy atom. The molecule has 0 unspecified atom stereocenters. The summed E-state index contributed by atoms with van der Waals surface area (Å²) in [6, 6.07) is 0. The van der Waals surface area contributed by atoms with Crippen LogP contribution in [0.1, 0.15) is 18.3 Å². The third-order valence-electron chi connectivity index (χ3n) is 1.72. The number of rotatable bonds is 3. The third kappa shape index (κ3) is 1.60. The normalized spacial score (nSPS) is 10.7. The van der Waals surface area contributed by atoms with Crippen molar-refractivity contribution in [3.63, 3.8) is 0 Å². The second kappa shape index (κ2) is 3.89. The summed E-state index contributed by atoms with van der Waals surface area (Å²) < 4.78 is 1.84. The summed E-state index contributed by atoms with van der Waals surface area (Å²) in [4.78, 5) is 0. The largest absolute Gasteiger partial charge is 0.271 e. The quantitative estimate of drug-likeness (QED) is 0.546. The van der Waals surface area contributed by atoms with E-state index in [1.807, 2.05) is 18.5 Å². The number of nitrogens with one attached hydrogen (secondary N) is 1. The van der Waals surface area contributed by atoms with Crippen molar-refractivity contribution in [2.45, 2.75) is 26.9 Å². The fourth-order valence-electron chi connectivity index (χ4n) is 1.13. The molecule has 0 aliphatic heterocycles. The summed E-state index contributed by atoms with van der Waals surface area (Å²) in [7, 11) is 0. The summed E-state index contributed by atoms with van der Waals surface area (Å²) >= 11 is 5.99. The van der Waals surface area contributed by atoms with Crippen molar-refractivity contribution < 1.29 is 0 Å². The number of halogens is 1. The highest BCUT2D eigenvalue weighted by Crippen LogP contribution is 2.19. The number of hydrazine groups is 1. The van der Waals surface area contributed by atoms with Gasteiger partial charge in [-0.25, -0.2) is 0 Å². The van der Waals surface area contributed by atoms with Gasteiger partial charge >= 0.3 is 0 Å². The van der Waals surface area contributed by atoms with Crippen molar-refractivity contribution in [3.8, 4) is 0 Å². The van der Waals surface area contributed by atoms with E-state index in [2.05, 4.69) is 10.5 Å². The van der Waals surface area contributed by atoms with E-state index in [-0.39, 0.29) is 0 Å². The molecule has 0 amide bonds. The number of hydrogen-bond acceptors (Lipinski definition) is 3. The van der Waals surface area contributed by atoms with Gasteiger partial charge in [0.2, 0.25) is 0 Å². The molecule has 0 aliphatic rings. The Kier molecular flexibility index (Phi) is 3.08. The second-order valence-electron chi connectivity index (χ2n) is 2.54. The zero-order valence-electron chi connectivity index (χ0n) is 7.26. The smallest absolute Gasteiger partial charge is 0.0860 e. The zero-order chi connectivity index (χ0) is 9.14. The van der Waals surface area contributed by atoms with E-state index in [0.717, 1.165) is 17.9 Å². The number of aryl methyl sites for hydroxylation is 2. The molecular weight excluding hydrogens is 176 g/mol. The third-order valence-corrected chi connectivity index (χ3v) is 2.21. The van der Waals surface area contributed by atoms with Gasteiger partial charge in [-0.1, -0.05) is 11.6 Å². The molecule has 0 aromatic carbocycles. The van der Waals surface area contributed by atoms with Crippen LogP contribution < -0.4 is 11.3 Å². The van der Waals surface area contributed by atoms with Crippen LogP contribution in [-0.2, 0) is 13.1 Å². The molecule has 1 aromatic rings. The van der Waals surface area contributed by atoms with Crippen molar-refractivity contribution in [3.05, 3.63) is 16.4 Å². The predicted octanol–water partition coefficient (Wildman–Crippen LogP) is 0.828. The highest BCUT2D eigenvalue weighted by molar-refractivity contribution is 6.31. The highest BCUT2D eigenvalue weighted by atomic mass is 35.5. The van der Waals surface area contributed by atoms with E-state index < -0.39 is 0 Å². The van der Waals surface area contributed by atoms with E-state index in [0.29, 0.717) is 11.6 Å². The maximum atomic E-state index is 5.99. The average molecular weight is 189 g/mol. The van der Waals surface area contributed by atoms with Crippen molar-refractivity contribution in [2.75, 3.05) is 0 Å². The number of nitrogens with zero attached hydrogens (tertiary/aromatic N) is 2. The van der Waals surface area contributed by atoms with Gasteiger partial charge in [-0.2, -0.15) is 5.10 Å². The molecule has 4 nitrogen and oxygen atoms in total. The minimum Gasteiger partial charge on any atom is -0.271 e. The van der Waals surface area contributed by atoms with E-state index in [4.69, 9.17) is 17.4 Å². The molecular formula is C7H13ClN4. The van der Waals surface area contributed by atoms with Gasteiger partial charge in [0.15, 0.2) is 0 Å². The molecule has 0 atom stereocenters. The molecule has 5 heteroatoms. The first-order valence-corrected chi connectivity index (χ1v) is 4.23. The Hall–Kier alpha value is -0.580. The van der Waals surface area contributed by atoms with Crippen molar-refractivity contribution in [1.29, 1.82) is 0 Å². The molecule has 0 saturated heterocycles. The summed E-state index contributed by atoms with van der Waals surface area (Å²) in [5, 5.41) is 4.94. The zero-order valence-corrected chi connectivity index (χ0v) is 8.02. The average Bonchev–Trinajstić information content (AvgIpc) is 2.33. The first-order chi connectivity index (χ1) is 5.70. The lowest BCUT2D eigenvalue weighted by Gasteiger charge is -2.03. The maximum Gasteiger partial charge on any atom is 0.0860 e. The van der Waals surface area contributed by atoms with Gasteiger partial charge < -0.3 is 0 Å². The van der Waals surface area contributed by atoms with Gasteiger partial charge in [0.25, 0.3) is 0 Å². The Balaban J connectivity index is 3.03. The summed E-state index contributed by atoms with van der Waals surface area (Å²) in [5.41, 5.74) is 4.36.